The molecule has 3 aromatic rings. The predicted molar refractivity (Wildman–Crippen MR) is 83.0 cm³/mol. The lowest BCUT2D eigenvalue weighted by Gasteiger charge is -2.10. The summed E-state index contributed by atoms with van der Waals surface area (Å²) < 4.78 is 39.5. The Hall–Kier alpha value is -2.56. The van der Waals surface area contributed by atoms with Gasteiger partial charge in [0, 0.05) is 17.7 Å². The summed E-state index contributed by atoms with van der Waals surface area (Å²) in [6.45, 7) is -1.08. The fourth-order valence-electron chi connectivity index (χ4n) is 2.46. The van der Waals surface area contributed by atoms with Crippen LogP contribution < -0.4 is 0 Å². The third kappa shape index (κ3) is 4.00. The van der Waals surface area contributed by atoms with Crippen molar-refractivity contribution in [1.82, 2.24) is 9.78 Å². The molecule has 0 aliphatic rings. The molecule has 5 heteroatoms. The van der Waals surface area contributed by atoms with Gasteiger partial charge in [0.15, 0.2) is 0 Å². The Kier molecular flexibility index (Phi) is 4.19. The lowest BCUT2D eigenvalue weighted by Crippen LogP contribution is -2.20. The first-order chi connectivity index (χ1) is 11.0. The van der Waals surface area contributed by atoms with Crippen molar-refractivity contribution in [3.05, 3.63) is 78.0 Å². The maximum atomic E-state index is 12.8. The molecule has 0 N–H and O–H groups in total. The van der Waals surface area contributed by atoms with E-state index in [4.69, 9.17) is 0 Å². The van der Waals surface area contributed by atoms with Gasteiger partial charge >= 0.3 is 6.18 Å². The van der Waals surface area contributed by atoms with Gasteiger partial charge in [0.2, 0.25) is 0 Å². The summed E-state index contributed by atoms with van der Waals surface area (Å²) in [5.41, 5.74) is 2.87. The van der Waals surface area contributed by atoms with Crippen LogP contribution in [-0.2, 0) is 13.0 Å². The van der Waals surface area contributed by atoms with Crippen LogP contribution in [0.4, 0.5) is 13.2 Å². The molecule has 0 amide bonds. The van der Waals surface area contributed by atoms with Crippen LogP contribution in [0.3, 0.4) is 0 Å². The first kappa shape index (κ1) is 15.3. The zero-order chi connectivity index (χ0) is 16.3. The zero-order valence-corrected chi connectivity index (χ0v) is 12.3. The lowest BCUT2D eigenvalue weighted by atomic mass is 10.1. The molecule has 0 saturated carbocycles. The normalized spacial score (nSPS) is 11.6. The van der Waals surface area contributed by atoms with Gasteiger partial charge in [-0.05, 0) is 11.6 Å². The molecule has 0 spiro atoms. The van der Waals surface area contributed by atoms with Crippen LogP contribution in [0.15, 0.2) is 66.7 Å². The molecule has 118 valence electrons. The molecule has 1 heterocycles. The van der Waals surface area contributed by atoms with Crippen LogP contribution in [0.5, 0.6) is 0 Å². The van der Waals surface area contributed by atoms with E-state index in [1.165, 1.54) is 0 Å². The SMILES string of the molecule is FC(F)(F)Cn1nc(-c2ccccc2)cc1Cc1ccccc1. The highest BCUT2D eigenvalue weighted by molar-refractivity contribution is 5.59. The Morgan fingerprint density at radius 1 is 0.870 bits per heavy atom. The Morgan fingerprint density at radius 2 is 1.48 bits per heavy atom. The van der Waals surface area contributed by atoms with Crippen molar-refractivity contribution >= 4 is 0 Å². The van der Waals surface area contributed by atoms with Crippen molar-refractivity contribution in [2.24, 2.45) is 0 Å². The minimum atomic E-state index is -4.30. The van der Waals surface area contributed by atoms with Gasteiger partial charge in [-0.3, -0.25) is 4.68 Å². The average Bonchev–Trinajstić information content (AvgIpc) is 2.90. The molecule has 0 unspecified atom stereocenters. The molecule has 0 radical (unpaired) electrons. The predicted octanol–water partition coefficient (Wildman–Crippen LogP) is 4.70. The quantitative estimate of drug-likeness (QED) is 0.682. The molecule has 2 aromatic carbocycles. The molecule has 0 bridgehead atoms. The smallest absolute Gasteiger partial charge is 0.259 e. The monoisotopic (exact) mass is 316 g/mol. The minimum absolute atomic E-state index is 0.413. The van der Waals surface area contributed by atoms with Crippen LogP contribution in [0.1, 0.15) is 11.3 Å². The Morgan fingerprint density at radius 3 is 2.09 bits per heavy atom. The number of hydrogen-bond donors (Lipinski definition) is 0. The molecule has 0 saturated heterocycles. The van der Waals surface area contributed by atoms with Gasteiger partial charge in [0.1, 0.15) is 6.54 Å². The molecule has 0 fully saturated rings. The van der Waals surface area contributed by atoms with E-state index in [1.807, 2.05) is 60.7 Å². The summed E-state index contributed by atoms with van der Waals surface area (Å²) in [7, 11) is 0. The van der Waals surface area contributed by atoms with Crippen LogP contribution >= 0.6 is 0 Å². The summed E-state index contributed by atoms with van der Waals surface area (Å²) in [6, 6.07) is 20.4. The first-order valence-electron chi connectivity index (χ1n) is 7.24. The molecule has 3 rings (SSSR count). The average molecular weight is 316 g/mol. The van der Waals surface area contributed by atoms with E-state index in [9.17, 15) is 13.2 Å². The summed E-state index contributed by atoms with van der Waals surface area (Å²) in [5.74, 6) is 0. The fourth-order valence-corrected chi connectivity index (χ4v) is 2.46. The van der Waals surface area contributed by atoms with Gasteiger partial charge in [-0.15, -0.1) is 0 Å². The van der Waals surface area contributed by atoms with Crippen molar-refractivity contribution in [3.8, 4) is 11.3 Å². The maximum absolute atomic E-state index is 12.8. The highest BCUT2D eigenvalue weighted by Gasteiger charge is 2.30. The minimum Gasteiger partial charge on any atom is -0.259 e. The second-order valence-electron chi connectivity index (χ2n) is 5.32. The molecule has 23 heavy (non-hydrogen) atoms. The van der Waals surface area contributed by atoms with Crippen LogP contribution in [-0.4, -0.2) is 16.0 Å². The van der Waals surface area contributed by atoms with Crippen molar-refractivity contribution in [1.29, 1.82) is 0 Å². The zero-order valence-electron chi connectivity index (χ0n) is 12.3. The van der Waals surface area contributed by atoms with Gasteiger partial charge in [-0.2, -0.15) is 18.3 Å². The van der Waals surface area contributed by atoms with Crippen LogP contribution in [0.25, 0.3) is 11.3 Å². The van der Waals surface area contributed by atoms with E-state index in [-0.39, 0.29) is 0 Å². The van der Waals surface area contributed by atoms with E-state index in [0.717, 1.165) is 15.8 Å². The molecular weight excluding hydrogens is 301 g/mol. The second kappa shape index (κ2) is 6.28. The molecule has 2 nitrogen and oxygen atoms in total. The number of aromatic nitrogens is 2. The Bertz CT molecular complexity index is 762. The van der Waals surface area contributed by atoms with E-state index < -0.39 is 12.7 Å². The van der Waals surface area contributed by atoms with Gasteiger partial charge in [-0.1, -0.05) is 60.7 Å². The van der Waals surface area contributed by atoms with Crippen molar-refractivity contribution < 1.29 is 13.2 Å². The van der Waals surface area contributed by atoms with Crippen molar-refractivity contribution in [2.45, 2.75) is 19.1 Å². The molecule has 0 aliphatic heterocycles. The number of benzene rings is 2. The summed E-state index contributed by atoms with van der Waals surface area (Å²) in [5, 5.41) is 4.16. The summed E-state index contributed by atoms with van der Waals surface area (Å²) in [6.07, 6.45) is -3.89. The van der Waals surface area contributed by atoms with E-state index in [2.05, 4.69) is 5.10 Å². The fraction of sp³-hybridized carbons (Fsp3) is 0.167. The van der Waals surface area contributed by atoms with Crippen molar-refractivity contribution in [3.63, 3.8) is 0 Å². The molecule has 0 atom stereocenters. The maximum Gasteiger partial charge on any atom is 0.408 e. The van der Waals surface area contributed by atoms with Crippen LogP contribution in [0.2, 0.25) is 0 Å². The number of alkyl halides is 3. The first-order valence-corrected chi connectivity index (χ1v) is 7.24. The summed E-state index contributed by atoms with van der Waals surface area (Å²) in [4.78, 5) is 0. The highest BCUT2D eigenvalue weighted by atomic mass is 19.4. The van der Waals surface area contributed by atoms with E-state index in [0.29, 0.717) is 17.8 Å². The van der Waals surface area contributed by atoms with Crippen LogP contribution in [0, 0.1) is 0 Å². The molecule has 0 aliphatic carbocycles. The van der Waals surface area contributed by atoms with Gasteiger partial charge in [0.25, 0.3) is 0 Å². The molecular formula is C18H15F3N2. The Balaban J connectivity index is 1.97. The topological polar surface area (TPSA) is 17.8 Å². The summed E-state index contributed by atoms with van der Waals surface area (Å²) >= 11 is 0. The third-order valence-corrected chi connectivity index (χ3v) is 3.49. The van der Waals surface area contributed by atoms with E-state index >= 15 is 0 Å². The number of hydrogen-bond acceptors (Lipinski definition) is 1. The number of halogens is 3. The van der Waals surface area contributed by atoms with Crippen molar-refractivity contribution in [2.75, 3.05) is 0 Å². The number of rotatable bonds is 4. The third-order valence-electron chi connectivity index (χ3n) is 3.49. The molecule has 1 aromatic heterocycles. The Labute approximate surface area is 132 Å². The van der Waals surface area contributed by atoms with Gasteiger partial charge < -0.3 is 0 Å². The van der Waals surface area contributed by atoms with E-state index in [1.54, 1.807) is 6.07 Å². The highest BCUT2D eigenvalue weighted by Crippen LogP contribution is 2.24. The van der Waals surface area contributed by atoms with Gasteiger partial charge in [-0.25, -0.2) is 0 Å². The largest absolute Gasteiger partial charge is 0.408 e. The standard InChI is InChI=1S/C18H15F3N2/c19-18(20,21)13-23-16(11-14-7-3-1-4-8-14)12-17(22-23)15-9-5-2-6-10-15/h1-10,12H,11,13H2. The number of nitrogens with zero attached hydrogens (tertiary/aromatic N) is 2. The van der Waals surface area contributed by atoms with Gasteiger partial charge in [0.05, 0.1) is 5.69 Å². The second-order valence-corrected chi connectivity index (χ2v) is 5.32. The lowest BCUT2D eigenvalue weighted by molar-refractivity contribution is -0.142.